The van der Waals surface area contributed by atoms with Gasteiger partial charge in [0, 0.05) is 31.7 Å². The molecule has 2 amide bonds. The van der Waals surface area contributed by atoms with Crippen molar-refractivity contribution in [1.82, 2.24) is 0 Å². The SMILES string of the molecule is CCOc1ccc(N2C[C@H](C(=O)Nc3ccccc3N3CCOCC3)CC2=O)cc1. The quantitative estimate of drug-likeness (QED) is 0.794. The molecule has 0 radical (unpaired) electrons. The van der Waals surface area contributed by atoms with Gasteiger partial charge in [-0.1, -0.05) is 12.1 Å². The van der Waals surface area contributed by atoms with Crippen LogP contribution in [0.25, 0.3) is 0 Å². The number of ether oxygens (including phenoxy) is 2. The van der Waals surface area contributed by atoms with E-state index in [9.17, 15) is 9.59 Å². The van der Waals surface area contributed by atoms with E-state index in [0.717, 1.165) is 35.9 Å². The highest BCUT2D eigenvalue weighted by Gasteiger charge is 2.35. The van der Waals surface area contributed by atoms with Crippen molar-refractivity contribution >= 4 is 28.9 Å². The molecule has 2 heterocycles. The van der Waals surface area contributed by atoms with Crippen LogP contribution in [0.1, 0.15) is 13.3 Å². The molecule has 2 aromatic carbocycles. The Labute approximate surface area is 176 Å². The van der Waals surface area contributed by atoms with Gasteiger partial charge in [0.05, 0.1) is 37.1 Å². The molecule has 2 saturated heterocycles. The molecule has 2 aliphatic heterocycles. The zero-order chi connectivity index (χ0) is 20.9. The zero-order valence-electron chi connectivity index (χ0n) is 17.2. The Morgan fingerprint density at radius 3 is 2.60 bits per heavy atom. The fourth-order valence-electron chi connectivity index (χ4n) is 3.92. The minimum atomic E-state index is -0.387. The second kappa shape index (κ2) is 9.17. The number of nitrogens with zero attached hydrogens (tertiary/aromatic N) is 2. The highest BCUT2D eigenvalue weighted by atomic mass is 16.5. The third kappa shape index (κ3) is 4.41. The van der Waals surface area contributed by atoms with Crippen molar-refractivity contribution in [2.24, 2.45) is 5.92 Å². The van der Waals surface area contributed by atoms with Gasteiger partial charge in [0.2, 0.25) is 11.8 Å². The highest BCUT2D eigenvalue weighted by molar-refractivity contribution is 6.04. The van der Waals surface area contributed by atoms with Crippen LogP contribution in [0, 0.1) is 5.92 Å². The number of hydrogen-bond acceptors (Lipinski definition) is 5. The second-order valence-corrected chi connectivity index (χ2v) is 7.44. The molecule has 1 N–H and O–H groups in total. The minimum Gasteiger partial charge on any atom is -0.494 e. The Morgan fingerprint density at radius 2 is 1.87 bits per heavy atom. The normalized spacial score (nSPS) is 19.1. The standard InChI is InChI=1S/C23H27N3O4/c1-2-30-19-9-7-18(8-10-19)26-16-17(15-22(26)27)23(28)24-20-5-3-4-6-21(20)25-11-13-29-14-12-25/h3-10,17H,2,11-16H2,1H3,(H,24,28)/t17-/m1/s1. The first-order chi connectivity index (χ1) is 14.7. The summed E-state index contributed by atoms with van der Waals surface area (Å²) in [6, 6.07) is 15.2. The molecule has 2 fully saturated rings. The number of rotatable bonds is 6. The molecule has 0 aliphatic carbocycles. The summed E-state index contributed by atoms with van der Waals surface area (Å²) in [5.41, 5.74) is 2.55. The van der Waals surface area contributed by atoms with Crippen molar-refractivity contribution in [2.45, 2.75) is 13.3 Å². The van der Waals surface area contributed by atoms with E-state index in [0.29, 0.717) is 26.4 Å². The number of para-hydroxylation sites is 2. The van der Waals surface area contributed by atoms with Crippen molar-refractivity contribution < 1.29 is 19.1 Å². The number of carbonyl (C=O) groups excluding carboxylic acids is 2. The summed E-state index contributed by atoms with van der Waals surface area (Å²) in [5.74, 6) is 0.210. The first-order valence-corrected chi connectivity index (χ1v) is 10.4. The van der Waals surface area contributed by atoms with Gasteiger partial charge in [-0.25, -0.2) is 0 Å². The van der Waals surface area contributed by atoms with Gasteiger partial charge in [-0.2, -0.15) is 0 Å². The lowest BCUT2D eigenvalue weighted by Crippen LogP contribution is -2.37. The van der Waals surface area contributed by atoms with Gasteiger partial charge in [0.15, 0.2) is 0 Å². The van der Waals surface area contributed by atoms with Crippen molar-refractivity contribution in [1.29, 1.82) is 0 Å². The topological polar surface area (TPSA) is 71.1 Å². The van der Waals surface area contributed by atoms with Crippen molar-refractivity contribution in [3.8, 4) is 5.75 Å². The molecule has 2 aromatic rings. The lowest BCUT2D eigenvalue weighted by atomic mass is 10.1. The van der Waals surface area contributed by atoms with Gasteiger partial charge in [0.1, 0.15) is 5.75 Å². The van der Waals surface area contributed by atoms with Gasteiger partial charge in [-0.15, -0.1) is 0 Å². The molecule has 158 valence electrons. The van der Waals surface area contributed by atoms with Crippen LogP contribution in [0.4, 0.5) is 17.1 Å². The van der Waals surface area contributed by atoms with Crippen LogP contribution in [-0.4, -0.2) is 51.3 Å². The molecule has 0 unspecified atom stereocenters. The maximum atomic E-state index is 13.0. The predicted octanol–water partition coefficient (Wildman–Crippen LogP) is 2.91. The van der Waals surface area contributed by atoms with E-state index in [4.69, 9.17) is 9.47 Å². The Balaban J connectivity index is 1.43. The van der Waals surface area contributed by atoms with Gasteiger partial charge in [0.25, 0.3) is 0 Å². The molecule has 30 heavy (non-hydrogen) atoms. The summed E-state index contributed by atoms with van der Waals surface area (Å²) >= 11 is 0. The summed E-state index contributed by atoms with van der Waals surface area (Å²) in [7, 11) is 0. The number of benzene rings is 2. The molecule has 7 nitrogen and oxygen atoms in total. The van der Waals surface area contributed by atoms with Gasteiger partial charge < -0.3 is 24.6 Å². The Hall–Kier alpha value is -3.06. The number of hydrogen-bond donors (Lipinski definition) is 1. The number of amides is 2. The molecule has 0 bridgehead atoms. The van der Waals surface area contributed by atoms with E-state index >= 15 is 0 Å². The monoisotopic (exact) mass is 409 g/mol. The first-order valence-electron chi connectivity index (χ1n) is 10.4. The van der Waals surface area contributed by atoms with Crippen molar-refractivity contribution in [3.05, 3.63) is 48.5 Å². The smallest absolute Gasteiger partial charge is 0.229 e. The van der Waals surface area contributed by atoms with Crippen LogP contribution in [0.15, 0.2) is 48.5 Å². The third-order valence-corrected chi connectivity index (χ3v) is 5.47. The highest BCUT2D eigenvalue weighted by Crippen LogP contribution is 2.30. The van der Waals surface area contributed by atoms with Crippen LogP contribution in [0.3, 0.4) is 0 Å². The zero-order valence-corrected chi connectivity index (χ0v) is 17.2. The molecule has 7 heteroatoms. The summed E-state index contributed by atoms with van der Waals surface area (Å²) in [5, 5.41) is 3.05. The fourth-order valence-corrected chi connectivity index (χ4v) is 3.92. The molecular weight excluding hydrogens is 382 g/mol. The maximum absolute atomic E-state index is 13.0. The molecule has 2 aliphatic rings. The van der Waals surface area contributed by atoms with Crippen LogP contribution in [-0.2, 0) is 14.3 Å². The van der Waals surface area contributed by atoms with E-state index in [1.54, 1.807) is 4.90 Å². The van der Waals surface area contributed by atoms with Crippen LogP contribution in [0.2, 0.25) is 0 Å². The van der Waals surface area contributed by atoms with E-state index in [-0.39, 0.29) is 24.2 Å². The average molecular weight is 409 g/mol. The number of nitrogens with one attached hydrogen (secondary N) is 1. The van der Waals surface area contributed by atoms with Crippen LogP contribution >= 0.6 is 0 Å². The summed E-state index contributed by atoms with van der Waals surface area (Å²) < 4.78 is 10.9. The summed E-state index contributed by atoms with van der Waals surface area (Å²) in [6.45, 7) is 5.83. The number of anilines is 3. The molecular formula is C23H27N3O4. The van der Waals surface area contributed by atoms with Gasteiger partial charge in [-0.05, 0) is 43.3 Å². The fraction of sp³-hybridized carbons (Fsp3) is 0.391. The van der Waals surface area contributed by atoms with Gasteiger partial charge in [-0.3, -0.25) is 9.59 Å². The number of carbonyl (C=O) groups is 2. The van der Waals surface area contributed by atoms with Crippen molar-refractivity contribution in [2.75, 3.05) is 54.6 Å². The lowest BCUT2D eigenvalue weighted by Gasteiger charge is -2.30. The third-order valence-electron chi connectivity index (χ3n) is 5.47. The summed E-state index contributed by atoms with van der Waals surface area (Å²) in [6.07, 6.45) is 0.207. The Morgan fingerprint density at radius 1 is 1.13 bits per heavy atom. The van der Waals surface area contributed by atoms with Crippen LogP contribution in [0.5, 0.6) is 5.75 Å². The van der Waals surface area contributed by atoms with E-state index in [1.807, 2.05) is 55.5 Å². The first kappa shape index (κ1) is 20.2. The van der Waals surface area contributed by atoms with Gasteiger partial charge >= 0.3 is 0 Å². The molecule has 0 spiro atoms. The molecule has 0 aromatic heterocycles. The Bertz CT molecular complexity index is 894. The van der Waals surface area contributed by atoms with E-state index in [2.05, 4.69) is 10.2 Å². The second-order valence-electron chi connectivity index (χ2n) is 7.44. The molecule has 1 atom stereocenters. The van der Waals surface area contributed by atoms with E-state index in [1.165, 1.54) is 0 Å². The lowest BCUT2D eigenvalue weighted by molar-refractivity contribution is -0.122. The molecule has 4 rings (SSSR count). The minimum absolute atomic E-state index is 0.0409. The predicted molar refractivity (Wildman–Crippen MR) is 116 cm³/mol. The van der Waals surface area contributed by atoms with E-state index < -0.39 is 0 Å². The Kier molecular flexibility index (Phi) is 6.18. The summed E-state index contributed by atoms with van der Waals surface area (Å²) in [4.78, 5) is 29.4. The largest absolute Gasteiger partial charge is 0.494 e. The number of morpholine rings is 1. The van der Waals surface area contributed by atoms with Crippen molar-refractivity contribution in [3.63, 3.8) is 0 Å². The molecule has 0 saturated carbocycles. The van der Waals surface area contributed by atoms with Crippen LogP contribution < -0.4 is 19.9 Å². The average Bonchev–Trinajstić information content (AvgIpc) is 3.17. The maximum Gasteiger partial charge on any atom is 0.229 e.